The molecule has 5 nitrogen and oxygen atoms in total. The van der Waals surface area contributed by atoms with Crippen LogP contribution in [0.5, 0.6) is 11.5 Å². The fourth-order valence-electron chi connectivity index (χ4n) is 4.38. The van der Waals surface area contributed by atoms with Gasteiger partial charge in [0.2, 0.25) is 10.0 Å². The average Bonchev–Trinajstić information content (AvgIpc) is 3.20. The lowest BCUT2D eigenvalue weighted by molar-refractivity contribution is 0.381. The van der Waals surface area contributed by atoms with E-state index < -0.39 is 21.8 Å². The Kier molecular flexibility index (Phi) is 5.19. The topological polar surface area (TPSA) is 77.8 Å². The molecular formula is C27H23NO4S. The summed E-state index contributed by atoms with van der Waals surface area (Å²) in [4.78, 5) is -0.227. The number of phenolic OH excluding ortho intramolecular Hbond substituents is 2. The van der Waals surface area contributed by atoms with Crippen molar-refractivity contribution in [3.05, 3.63) is 113 Å². The van der Waals surface area contributed by atoms with E-state index in [0.717, 1.165) is 33.9 Å². The van der Waals surface area contributed by atoms with Crippen molar-refractivity contribution in [3.8, 4) is 22.6 Å². The summed E-state index contributed by atoms with van der Waals surface area (Å²) in [5.74, 6) is -0.668. The lowest BCUT2D eigenvalue weighted by Gasteiger charge is -2.25. The molecule has 1 unspecified atom stereocenters. The number of benzene rings is 4. The number of hydrogen-bond donors (Lipinski definition) is 2. The van der Waals surface area contributed by atoms with Gasteiger partial charge < -0.3 is 10.2 Å². The van der Waals surface area contributed by atoms with Gasteiger partial charge in [-0.1, -0.05) is 78.4 Å². The largest absolute Gasteiger partial charge is 0.508 e. The maximum absolute atomic E-state index is 13.6. The maximum Gasteiger partial charge on any atom is 0.247 e. The first-order chi connectivity index (χ1) is 15.8. The van der Waals surface area contributed by atoms with E-state index in [2.05, 4.69) is 24.3 Å². The second kappa shape index (κ2) is 8.06. The highest BCUT2D eigenvalue weighted by molar-refractivity contribution is 7.89. The van der Waals surface area contributed by atoms with Gasteiger partial charge in [-0.2, -0.15) is 4.31 Å². The molecule has 0 bridgehead atoms. The molecule has 5 rings (SSSR count). The summed E-state index contributed by atoms with van der Waals surface area (Å²) < 4.78 is 28.7. The summed E-state index contributed by atoms with van der Waals surface area (Å²) in [5, 5.41) is 19.9. The first-order valence-corrected chi connectivity index (χ1v) is 12.1. The third kappa shape index (κ3) is 3.77. The monoisotopic (exact) mass is 457 g/mol. The molecule has 1 atom stereocenters. The van der Waals surface area contributed by atoms with Crippen LogP contribution in [0.15, 0.2) is 95.9 Å². The Bertz CT molecular complexity index is 1430. The van der Waals surface area contributed by atoms with Crippen LogP contribution in [0.2, 0.25) is 0 Å². The van der Waals surface area contributed by atoms with E-state index in [-0.39, 0.29) is 17.2 Å². The standard InChI is InChI=1S/C27H23NO4S/c1-18-6-8-19(9-7-18)20-10-12-21(13-11-20)27-24-5-3-2-4-22(24)17-28(27)33(31,32)26-15-14-23(29)16-25(26)30/h2-16,27,29-30H,17H2,1H3. The van der Waals surface area contributed by atoms with Gasteiger partial charge in [0.1, 0.15) is 16.4 Å². The molecule has 1 aliphatic rings. The summed E-state index contributed by atoms with van der Waals surface area (Å²) in [6, 6.07) is 26.9. The van der Waals surface area contributed by atoms with Crippen molar-refractivity contribution in [2.24, 2.45) is 0 Å². The molecule has 0 fully saturated rings. The van der Waals surface area contributed by atoms with Gasteiger partial charge in [0.15, 0.2) is 0 Å². The van der Waals surface area contributed by atoms with E-state index >= 15 is 0 Å². The molecular weight excluding hydrogens is 434 g/mol. The quantitative estimate of drug-likeness (QED) is 0.432. The number of hydrogen-bond acceptors (Lipinski definition) is 4. The number of aryl methyl sites for hydroxylation is 1. The first kappa shape index (κ1) is 21.2. The number of fused-ring (bicyclic) bond motifs is 1. The van der Waals surface area contributed by atoms with Crippen LogP contribution in [0, 0.1) is 6.92 Å². The third-order valence-electron chi connectivity index (χ3n) is 6.10. The third-order valence-corrected chi connectivity index (χ3v) is 7.96. The highest BCUT2D eigenvalue weighted by atomic mass is 32.2. The van der Waals surface area contributed by atoms with Crippen LogP contribution in [0.4, 0.5) is 0 Å². The van der Waals surface area contributed by atoms with E-state index in [1.807, 2.05) is 55.5 Å². The number of aromatic hydroxyl groups is 2. The molecule has 1 heterocycles. The van der Waals surface area contributed by atoms with Gasteiger partial charge in [0.05, 0.1) is 6.04 Å². The molecule has 0 spiro atoms. The van der Waals surface area contributed by atoms with Crippen molar-refractivity contribution >= 4 is 10.0 Å². The predicted molar refractivity (Wildman–Crippen MR) is 127 cm³/mol. The average molecular weight is 458 g/mol. The summed E-state index contributed by atoms with van der Waals surface area (Å²) in [6.45, 7) is 2.24. The minimum absolute atomic E-state index is 0.195. The Hall–Kier alpha value is -3.61. The zero-order valence-electron chi connectivity index (χ0n) is 18.0. The van der Waals surface area contributed by atoms with Crippen molar-refractivity contribution < 1.29 is 18.6 Å². The molecule has 0 radical (unpaired) electrons. The van der Waals surface area contributed by atoms with Crippen LogP contribution in [0.1, 0.15) is 28.3 Å². The molecule has 4 aromatic carbocycles. The number of rotatable bonds is 4. The molecule has 1 aliphatic heterocycles. The summed E-state index contributed by atoms with van der Waals surface area (Å²) in [5.41, 5.74) is 6.02. The van der Waals surface area contributed by atoms with Crippen molar-refractivity contribution in [3.63, 3.8) is 0 Å². The molecule has 4 aromatic rings. The van der Waals surface area contributed by atoms with E-state index in [1.165, 1.54) is 22.0 Å². The number of sulfonamides is 1. The second-order valence-corrected chi connectivity index (χ2v) is 10.2. The Balaban J connectivity index is 1.58. The highest BCUT2D eigenvalue weighted by Gasteiger charge is 2.40. The molecule has 166 valence electrons. The minimum atomic E-state index is -4.05. The Morgan fingerprint density at radius 1 is 0.818 bits per heavy atom. The van der Waals surface area contributed by atoms with E-state index in [0.29, 0.717) is 0 Å². The van der Waals surface area contributed by atoms with Crippen LogP contribution >= 0.6 is 0 Å². The van der Waals surface area contributed by atoms with Crippen LogP contribution in [0.25, 0.3) is 11.1 Å². The molecule has 0 aliphatic carbocycles. The van der Waals surface area contributed by atoms with Crippen LogP contribution < -0.4 is 0 Å². The van der Waals surface area contributed by atoms with Gasteiger partial charge in [-0.3, -0.25) is 0 Å². The van der Waals surface area contributed by atoms with Crippen molar-refractivity contribution in [2.45, 2.75) is 24.4 Å². The smallest absolute Gasteiger partial charge is 0.247 e. The normalized spacial score (nSPS) is 16.0. The fourth-order valence-corrected chi connectivity index (χ4v) is 6.02. The van der Waals surface area contributed by atoms with Gasteiger partial charge in [0.25, 0.3) is 0 Å². The molecule has 0 aromatic heterocycles. The van der Waals surface area contributed by atoms with Crippen LogP contribution in [0.3, 0.4) is 0 Å². The van der Waals surface area contributed by atoms with Gasteiger partial charge in [0, 0.05) is 12.6 Å². The van der Waals surface area contributed by atoms with Crippen molar-refractivity contribution in [1.82, 2.24) is 4.31 Å². The highest BCUT2D eigenvalue weighted by Crippen LogP contribution is 2.43. The van der Waals surface area contributed by atoms with Crippen LogP contribution in [-0.4, -0.2) is 22.9 Å². The molecule has 6 heteroatoms. The zero-order valence-corrected chi connectivity index (χ0v) is 18.8. The van der Waals surface area contributed by atoms with Gasteiger partial charge in [-0.05, 0) is 46.9 Å². The summed E-state index contributed by atoms with van der Waals surface area (Å²) in [7, 11) is -4.05. The van der Waals surface area contributed by atoms with Crippen molar-refractivity contribution in [2.75, 3.05) is 0 Å². The van der Waals surface area contributed by atoms with Gasteiger partial charge >= 0.3 is 0 Å². The van der Waals surface area contributed by atoms with Crippen molar-refractivity contribution in [1.29, 1.82) is 0 Å². The lowest BCUT2D eigenvalue weighted by Crippen LogP contribution is -2.30. The summed E-state index contributed by atoms with van der Waals surface area (Å²) >= 11 is 0. The SMILES string of the molecule is Cc1ccc(-c2ccc(C3c4ccccc4CN3S(=O)(=O)c3ccc(O)cc3O)cc2)cc1. The molecule has 33 heavy (non-hydrogen) atoms. The Morgan fingerprint density at radius 3 is 2.12 bits per heavy atom. The molecule has 2 N–H and O–H groups in total. The van der Waals surface area contributed by atoms with E-state index in [4.69, 9.17) is 0 Å². The van der Waals surface area contributed by atoms with Gasteiger partial charge in [-0.15, -0.1) is 0 Å². The number of nitrogens with zero attached hydrogens (tertiary/aromatic N) is 1. The second-order valence-electron chi connectivity index (χ2n) is 8.29. The van der Waals surface area contributed by atoms with E-state index in [1.54, 1.807) is 0 Å². The summed E-state index contributed by atoms with van der Waals surface area (Å²) in [6.07, 6.45) is 0. The molecule has 0 saturated carbocycles. The maximum atomic E-state index is 13.6. The van der Waals surface area contributed by atoms with Gasteiger partial charge in [-0.25, -0.2) is 8.42 Å². The van der Waals surface area contributed by atoms with Crippen LogP contribution in [-0.2, 0) is 16.6 Å². The molecule has 0 amide bonds. The fraction of sp³-hybridized carbons (Fsp3) is 0.111. The zero-order chi connectivity index (χ0) is 23.2. The van der Waals surface area contributed by atoms with E-state index in [9.17, 15) is 18.6 Å². The first-order valence-electron chi connectivity index (χ1n) is 10.6. The number of phenols is 2. The molecule has 0 saturated heterocycles. The Morgan fingerprint density at radius 2 is 1.45 bits per heavy atom. The lowest BCUT2D eigenvalue weighted by atomic mass is 9.96. The minimum Gasteiger partial charge on any atom is -0.508 e. The predicted octanol–water partition coefficient (Wildman–Crippen LogP) is 5.37. The Labute approximate surface area is 193 Å².